The first-order valence-electron chi connectivity index (χ1n) is 4.48. The molecule has 1 N–H and O–H groups in total. The third kappa shape index (κ3) is 2.30. The van der Waals surface area contributed by atoms with Crippen LogP contribution in [0.25, 0.3) is 11.1 Å². The van der Waals surface area contributed by atoms with Gasteiger partial charge in [-0.2, -0.15) is 0 Å². The van der Waals surface area contributed by atoms with Gasteiger partial charge >= 0.3 is 0 Å². The maximum absolute atomic E-state index is 9.27. The maximum Gasteiger partial charge on any atom is 0.116 e. The van der Waals surface area contributed by atoms with Crippen LogP contribution in [0.5, 0.6) is 5.75 Å². The lowest BCUT2D eigenvalue weighted by Crippen LogP contribution is -1.80. The summed E-state index contributed by atoms with van der Waals surface area (Å²) in [5.41, 5.74) is 2.07. The number of thiol groups is 2. The molecular formula is C12H10OS2. The molecule has 1 nitrogen and oxygen atoms in total. The van der Waals surface area contributed by atoms with E-state index in [4.69, 9.17) is 0 Å². The largest absolute Gasteiger partial charge is 0.508 e. The predicted octanol–water partition coefficient (Wildman–Crippen LogP) is 3.64. The van der Waals surface area contributed by atoms with E-state index in [0.717, 1.165) is 20.9 Å². The highest BCUT2D eigenvalue weighted by molar-refractivity contribution is 7.80. The van der Waals surface area contributed by atoms with E-state index in [2.05, 4.69) is 25.3 Å². The number of benzene rings is 2. The van der Waals surface area contributed by atoms with Gasteiger partial charge in [-0.3, -0.25) is 0 Å². The van der Waals surface area contributed by atoms with Crippen molar-refractivity contribution < 1.29 is 5.11 Å². The second-order valence-corrected chi connectivity index (χ2v) is 4.25. The van der Waals surface area contributed by atoms with E-state index in [9.17, 15) is 5.11 Å². The van der Waals surface area contributed by atoms with Gasteiger partial charge in [0.15, 0.2) is 0 Å². The van der Waals surface area contributed by atoms with E-state index in [-0.39, 0.29) is 5.75 Å². The Balaban J connectivity index is 2.49. The summed E-state index contributed by atoms with van der Waals surface area (Å²) in [5, 5.41) is 9.27. The lowest BCUT2D eigenvalue weighted by Gasteiger charge is -2.05. The zero-order chi connectivity index (χ0) is 10.8. The molecule has 0 atom stereocenters. The van der Waals surface area contributed by atoms with Crippen LogP contribution < -0.4 is 0 Å². The molecule has 2 rings (SSSR count). The van der Waals surface area contributed by atoms with Crippen molar-refractivity contribution in [3.05, 3.63) is 42.5 Å². The number of aromatic hydroxyl groups is 1. The van der Waals surface area contributed by atoms with Gasteiger partial charge in [0.05, 0.1) is 0 Å². The highest BCUT2D eigenvalue weighted by Crippen LogP contribution is 2.29. The minimum atomic E-state index is 0.231. The van der Waals surface area contributed by atoms with E-state index in [1.807, 2.05) is 30.3 Å². The van der Waals surface area contributed by atoms with Crippen molar-refractivity contribution in [3.8, 4) is 16.9 Å². The summed E-state index contributed by atoms with van der Waals surface area (Å²) >= 11 is 8.55. The standard InChI is InChI=1S/C12H10OS2/c13-9-3-6-11(12(15)7-9)8-1-4-10(14)5-2-8/h1-7,13-15H. The molecule has 0 saturated carbocycles. The van der Waals surface area contributed by atoms with Crippen LogP contribution in [-0.2, 0) is 0 Å². The molecule has 0 aromatic heterocycles. The first-order valence-corrected chi connectivity index (χ1v) is 5.37. The molecule has 0 radical (unpaired) electrons. The molecule has 0 aliphatic carbocycles. The number of rotatable bonds is 1. The van der Waals surface area contributed by atoms with Crippen LogP contribution in [0, 0.1) is 0 Å². The minimum absolute atomic E-state index is 0.231. The molecule has 0 bridgehead atoms. The van der Waals surface area contributed by atoms with Gasteiger partial charge in [0, 0.05) is 9.79 Å². The van der Waals surface area contributed by atoms with Gasteiger partial charge < -0.3 is 5.11 Å². The quantitative estimate of drug-likeness (QED) is 0.644. The molecule has 15 heavy (non-hydrogen) atoms. The van der Waals surface area contributed by atoms with Crippen LogP contribution in [-0.4, -0.2) is 5.11 Å². The molecule has 0 heterocycles. The molecule has 0 amide bonds. The summed E-state index contributed by atoms with van der Waals surface area (Å²) < 4.78 is 0. The Morgan fingerprint density at radius 1 is 0.867 bits per heavy atom. The maximum atomic E-state index is 9.27. The summed E-state index contributed by atoms with van der Waals surface area (Å²) in [6, 6.07) is 13.0. The third-order valence-corrected chi connectivity index (χ3v) is 2.83. The molecule has 0 saturated heterocycles. The zero-order valence-electron chi connectivity index (χ0n) is 7.88. The smallest absolute Gasteiger partial charge is 0.116 e. The Kier molecular flexibility index (Phi) is 2.93. The Morgan fingerprint density at radius 2 is 1.53 bits per heavy atom. The SMILES string of the molecule is Oc1ccc(-c2ccc(S)cc2)c(S)c1. The van der Waals surface area contributed by atoms with E-state index in [1.165, 1.54) is 0 Å². The summed E-state index contributed by atoms with van der Waals surface area (Å²) in [5.74, 6) is 0.231. The predicted molar refractivity (Wildman–Crippen MR) is 68.0 cm³/mol. The van der Waals surface area contributed by atoms with E-state index in [0.29, 0.717) is 0 Å². The lowest BCUT2D eigenvalue weighted by atomic mass is 10.1. The van der Waals surface area contributed by atoms with Crippen molar-refractivity contribution in [2.75, 3.05) is 0 Å². The molecule has 0 fully saturated rings. The molecule has 0 unspecified atom stereocenters. The van der Waals surface area contributed by atoms with Crippen molar-refractivity contribution in [3.63, 3.8) is 0 Å². The topological polar surface area (TPSA) is 20.2 Å². The van der Waals surface area contributed by atoms with Gasteiger partial charge in [-0.05, 0) is 41.5 Å². The van der Waals surface area contributed by atoms with Crippen molar-refractivity contribution in [2.24, 2.45) is 0 Å². The molecule has 0 aliphatic heterocycles. The molecule has 0 aliphatic rings. The average molecular weight is 234 g/mol. The lowest BCUT2D eigenvalue weighted by molar-refractivity contribution is 0.474. The van der Waals surface area contributed by atoms with Crippen molar-refractivity contribution in [1.29, 1.82) is 0 Å². The van der Waals surface area contributed by atoms with Crippen molar-refractivity contribution in [2.45, 2.75) is 9.79 Å². The molecular weight excluding hydrogens is 224 g/mol. The Hall–Kier alpha value is -1.06. The normalized spacial score (nSPS) is 10.3. The number of phenols is 1. The molecule has 3 heteroatoms. The first kappa shape index (κ1) is 10.5. The van der Waals surface area contributed by atoms with Gasteiger partial charge in [0.1, 0.15) is 5.75 Å². The Labute approximate surface area is 99.6 Å². The van der Waals surface area contributed by atoms with Crippen molar-refractivity contribution in [1.82, 2.24) is 0 Å². The van der Waals surface area contributed by atoms with Crippen LogP contribution in [0.2, 0.25) is 0 Å². The van der Waals surface area contributed by atoms with Crippen LogP contribution in [0.4, 0.5) is 0 Å². The summed E-state index contributed by atoms with van der Waals surface area (Å²) in [6.07, 6.45) is 0. The second-order valence-electron chi connectivity index (χ2n) is 3.25. The fourth-order valence-corrected chi connectivity index (χ4v) is 1.89. The van der Waals surface area contributed by atoms with Gasteiger partial charge in [0.25, 0.3) is 0 Å². The Morgan fingerprint density at radius 3 is 2.13 bits per heavy atom. The number of hydrogen-bond acceptors (Lipinski definition) is 3. The highest BCUT2D eigenvalue weighted by atomic mass is 32.1. The summed E-state index contributed by atoms with van der Waals surface area (Å²) in [6.45, 7) is 0. The number of hydrogen-bond donors (Lipinski definition) is 3. The molecule has 76 valence electrons. The van der Waals surface area contributed by atoms with E-state index in [1.54, 1.807) is 12.1 Å². The number of phenolic OH excluding ortho intramolecular Hbond substituents is 1. The van der Waals surface area contributed by atoms with Gasteiger partial charge in [-0.25, -0.2) is 0 Å². The van der Waals surface area contributed by atoms with Crippen LogP contribution in [0.3, 0.4) is 0 Å². The van der Waals surface area contributed by atoms with Gasteiger partial charge in [-0.15, -0.1) is 25.3 Å². The molecule has 2 aromatic carbocycles. The van der Waals surface area contributed by atoms with Gasteiger partial charge in [0.2, 0.25) is 0 Å². The third-order valence-electron chi connectivity index (χ3n) is 2.16. The van der Waals surface area contributed by atoms with Crippen molar-refractivity contribution >= 4 is 25.3 Å². The second kappa shape index (κ2) is 4.21. The Bertz CT molecular complexity index is 477. The van der Waals surface area contributed by atoms with E-state index < -0.39 is 0 Å². The van der Waals surface area contributed by atoms with Crippen LogP contribution in [0.1, 0.15) is 0 Å². The molecule has 0 spiro atoms. The van der Waals surface area contributed by atoms with E-state index >= 15 is 0 Å². The van der Waals surface area contributed by atoms with Crippen LogP contribution in [0.15, 0.2) is 52.3 Å². The summed E-state index contributed by atoms with van der Waals surface area (Å²) in [4.78, 5) is 1.69. The molecule has 2 aromatic rings. The minimum Gasteiger partial charge on any atom is -0.508 e. The monoisotopic (exact) mass is 234 g/mol. The van der Waals surface area contributed by atoms with Crippen LogP contribution >= 0.6 is 25.3 Å². The fraction of sp³-hybridized carbons (Fsp3) is 0. The fourth-order valence-electron chi connectivity index (χ4n) is 1.41. The summed E-state index contributed by atoms with van der Waals surface area (Å²) in [7, 11) is 0. The highest BCUT2D eigenvalue weighted by Gasteiger charge is 2.02. The first-order chi connectivity index (χ1) is 7.16. The van der Waals surface area contributed by atoms with Gasteiger partial charge in [-0.1, -0.05) is 12.1 Å². The average Bonchev–Trinajstić information content (AvgIpc) is 2.20. The zero-order valence-corrected chi connectivity index (χ0v) is 9.67.